The molecule has 2 aromatic rings. The Labute approximate surface area is 158 Å². The summed E-state index contributed by atoms with van der Waals surface area (Å²) in [7, 11) is 1.85. The maximum Gasteiger partial charge on any atom is 0.242 e. The number of aromatic nitrogens is 1. The number of fused-ring (bicyclic) bond motifs is 1. The molecule has 142 valence electrons. The molecule has 1 aromatic heterocycles. The Morgan fingerprint density at radius 2 is 1.93 bits per heavy atom. The molecule has 2 fully saturated rings. The molecule has 2 aliphatic heterocycles. The fraction of sp³-hybridized carbons (Fsp3) is 0.476. The van der Waals surface area contributed by atoms with Gasteiger partial charge in [0.15, 0.2) is 5.43 Å². The number of carbonyl (C=O) groups excluding carboxylic acids is 2. The molecule has 2 aliphatic rings. The van der Waals surface area contributed by atoms with Crippen LogP contribution >= 0.6 is 0 Å². The number of piperidine rings is 1. The summed E-state index contributed by atoms with van der Waals surface area (Å²) in [6.45, 7) is 3.97. The topological polar surface area (TPSA) is 62.6 Å². The minimum atomic E-state index is -0.399. The van der Waals surface area contributed by atoms with Crippen LogP contribution in [0.25, 0.3) is 10.9 Å². The summed E-state index contributed by atoms with van der Waals surface area (Å²) in [4.78, 5) is 41.5. The van der Waals surface area contributed by atoms with Gasteiger partial charge in [0, 0.05) is 43.8 Å². The minimum Gasteiger partial charge on any atom is -0.345 e. The van der Waals surface area contributed by atoms with E-state index in [1.807, 2.05) is 41.6 Å². The van der Waals surface area contributed by atoms with E-state index in [2.05, 4.69) is 0 Å². The van der Waals surface area contributed by atoms with Crippen LogP contribution in [-0.2, 0) is 16.1 Å². The Hall–Kier alpha value is -2.63. The van der Waals surface area contributed by atoms with Gasteiger partial charge < -0.3 is 14.4 Å². The summed E-state index contributed by atoms with van der Waals surface area (Å²) in [6, 6.07) is 8.96. The summed E-state index contributed by atoms with van der Waals surface area (Å²) in [5.74, 6) is 0.179. The quantitative estimate of drug-likeness (QED) is 0.813. The summed E-state index contributed by atoms with van der Waals surface area (Å²) in [6.07, 6.45) is 2.60. The van der Waals surface area contributed by atoms with Crippen molar-refractivity contribution in [1.29, 1.82) is 0 Å². The van der Waals surface area contributed by atoms with Crippen LogP contribution in [0.1, 0.15) is 25.0 Å². The largest absolute Gasteiger partial charge is 0.345 e. The normalized spacial score (nSPS) is 22.8. The number of rotatable bonds is 2. The molecule has 4 rings (SSSR count). The number of para-hydroxylation sites is 1. The SMILES string of the molecule is Cc1cc(=O)c2ccccc2n1CC(=O)N1CCC2(CCCN(C)C2=O)C1. The van der Waals surface area contributed by atoms with Crippen molar-refractivity contribution in [3.8, 4) is 0 Å². The molecule has 1 aromatic carbocycles. The Balaban J connectivity index is 1.58. The van der Waals surface area contributed by atoms with Gasteiger partial charge in [-0.25, -0.2) is 0 Å². The van der Waals surface area contributed by atoms with Gasteiger partial charge in [-0.3, -0.25) is 14.4 Å². The molecule has 0 radical (unpaired) electrons. The van der Waals surface area contributed by atoms with Crippen LogP contribution in [-0.4, -0.2) is 52.9 Å². The van der Waals surface area contributed by atoms with Crippen molar-refractivity contribution in [3.63, 3.8) is 0 Å². The number of carbonyl (C=O) groups is 2. The number of nitrogens with zero attached hydrogens (tertiary/aromatic N) is 3. The van der Waals surface area contributed by atoms with Crippen LogP contribution in [0.3, 0.4) is 0 Å². The first-order valence-electron chi connectivity index (χ1n) is 9.54. The van der Waals surface area contributed by atoms with Crippen molar-refractivity contribution >= 4 is 22.7 Å². The lowest BCUT2D eigenvalue weighted by atomic mass is 9.78. The predicted octanol–water partition coefficient (Wildman–Crippen LogP) is 1.78. The van der Waals surface area contributed by atoms with Crippen LogP contribution < -0.4 is 5.43 Å². The van der Waals surface area contributed by atoms with E-state index in [1.165, 1.54) is 0 Å². The van der Waals surface area contributed by atoms with Crippen molar-refractivity contribution in [3.05, 3.63) is 46.2 Å². The molecule has 2 amide bonds. The van der Waals surface area contributed by atoms with E-state index in [0.29, 0.717) is 18.5 Å². The monoisotopic (exact) mass is 367 g/mol. The van der Waals surface area contributed by atoms with E-state index < -0.39 is 5.41 Å². The fourth-order valence-electron chi connectivity index (χ4n) is 4.63. The predicted molar refractivity (Wildman–Crippen MR) is 103 cm³/mol. The highest BCUT2D eigenvalue weighted by Crippen LogP contribution is 2.39. The molecule has 3 heterocycles. The van der Waals surface area contributed by atoms with Crippen molar-refractivity contribution < 1.29 is 9.59 Å². The zero-order valence-corrected chi connectivity index (χ0v) is 15.9. The number of amides is 2. The van der Waals surface area contributed by atoms with Crippen molar-refractivity contribution in [2.24, 2.45) is 5.41 Å². The van der Waals surface area contributed by atoms with Gasteiger partial charge in [-0.1, -0.05) is 12.1 Å². The molecular weight excluding hydrogens is 342 g/mol. The maximum absolute atomic E-state index is 13.0. The molecule has 0 saturated carbocycles. The Bertz CT molecular complexity index is 980. The number of pyridine rings is 1. The van der Waals surface area contributed by atoms with Gasteiger partial charge in [0.2, 0.25) is 11.8 Å². The summed E-state index contributed by atoms with van der Waals surface area (Å²) >= 11 is 0. The van der Waals surface area contributed by atoms with Crippen LogP contribution in [0.2, 0.25) is 0 Å². The zero-order valence-electron chi connectivity index (χ0n) is 15.9. The number of benzene rings is 1. The average molecular weight is 367 g/mol. The first-order valence-corrected chi connectivity index (χ1v) is 9.54. The number of hydrogen-bond acceptors (Lipinski definition) is 3. The molecule has 2 saturated heterocycles. The summed E-state index contributed by atoms with van der Waals surface area (Å²) in [5, 5.41) is 0.623. The van der Waals surface area contributed by atoms with E-state index in [1.54, 1.807) is 17.0 Å². The van der Waals surface area contributed by atoms with Gasteiger partial charge in [0.1, 0.15) is 6.54 Å². The first-order chi connectivity index (χ1) is 12.9. The summed E-state index contributed by atoms with van der Waals surface area (Å²) in [5.41, 5.74) is 1.12. The minimum absolute atomic E-state index is 0.00445. The van der Waals surface area contributed by atoms with E-state index in [4.69, 9.17) is 0 Å². The second-order valence-electron chi connectivity index (χ2n) is 7.93. The smallest absolute Gasteiger partial charge is 0.242 e. The molecule has 1 unspecified atom stereocenters. The van der Waals surface area contributed by atoms with Crippen LogP contribution in [0.15, 0.2) is 35.1 Å². The Kier molecular flexibility index (Phi) is 4.29. The van der Waals surface area contributed by atoms with E-state index in [-0.39, 0.29) is 23.8 Å². The highest BCUT2D eigenvalue weighted by molar-refractivity contribution is 5.86. The van der Waals surface area contributed by atoms with E-state index >= 15 is 0 Å². The number of aryl methyl sites for hydroxylation is 1. The van der Waals surface area contributed by atoms with Crippen LogP contribution in [0.4, 0.5) is 0 Å². The lowest BCUT2D eigenvalue weighted by molar-refractivity contribution is -0.144. The standard InChI is InChI=1S/C21H25N3O3/c1-15-12-18(25)16-6-3-4-7-17(16)24(15)13-19(26)23-11-9-21(14-23)8-5-10-22(2)20(21)27/h3-4,6-7,12H,5,8-11,13-14H2,1-2H3. The van der Waals surface area contributed by atoms with Crippen LogP contribution in [0, 0.1) is 12.3 Å². The number of hydrogen-bond donors (Lipinski definition) is 0. The van der Waals surface area contributed by atoms with Gasteiger partial charge in [-0.2, -0.15) is 0 Å². The molecule has 6 heteroatoms. The second kappa shape index (κ2) is 6.51. The fourth-order valence-corrected chi connectivity index (χ4v) is 4.63. The highest BCUT2D eigenvalue weighted by Gasteiger charge is 2.48. The summed E-state index contributed by atoms with van der Waals surface area (Å²) < 4.78 is 1.90. The Morgan fingerprint density at radius 1 is 1.15 bits per heavy atom. The zero-order chi connectivity index (χ0) is 19.2. The van der Waals surface area contributed by atoms with Crippen LogP contribution in [0.5, 0.6) is 0 Å². The molecule has 0 N–H and O–H groups in total. The second-order valence-corrected chi connectivity index (χ2v) is 7.93. The molecule has 1 spiro atoms. The lowest BCUT2D eigenvalue weighted by Crippen LogP contribution is -2.48. The van der Waals surface area contributed by atoms with Crippen molar-refractivity contribution in [2.75, 3.05) is 26.7 Å². The van der Waals surface area contributed by atoms with Crippen molar-refractivity contribution in [1.82, 2.24) is 14.4 Å². The number of likely N-dealkylation sites (tertiary alicyclic amines) is 2. The molecule has 6 nitrogen and oxygen atoms in total. The molecule has 0 bridgehead atoms. The third-order valence-electron chi connectivity index (χ3n) is 6.18. The third-order valence-corrected chi connectivity index (χ3v) is 6.18. The van der Waals surface area contributed by atoms with Gasteiger partial charge >= 0.3 is 0 Å². The van der Waals surface area contributed by atoms with Gasteiger partial charge in [-0.15, -0.1) is 0 Å². The van der Waals surface area contributed by atoms with Gasteiger partial charge in [0.05, 0.1) is 10.9 Å². The molecule has 0 aliphatic carbocycles. The third kappa shape index (κ3) is 2.93. The molecule has 1 atom stereocenters. The van der Waals surface area contributed by atoms with E-state index in [9.17, 15) is 14.4 Å². The average Bonchev–Trinajstić information content (AvgIpc) is 3.08. The van der Waals surface area contributed by atoms with Crippen molar-refractivity contribution in [2.45, 2.75) is 32.7 Å². The van der Waals surface area contributed by atoms with Gasteiger partial charge in [-0.05, 0) is 38.3 Å². The first kappa shape index (κ1) is 17.8. The molecular formula is C21H25N3O3. The highest BCUT2D eigenvalue weighted by atomic mass is 16.2. The van der Waals surface area contributed by atoms with E-state index in [0.717, 1.165) is 37.0 Å². The molecule has 27 heavy (non-hydrogen) atoms. The Morgan fingerprint density at radius 3 is 2.74 bits per heavy atom. The maximum atomic E-state index is 13.0. The lowest BCUT2D eigenvalue weighted by Gasteiger charge is -2.37. The van der Waals surface area contributed by atoms with Gasteiger partial charge in [0.25, 0.3) is 0 Å².